The van der Waals surface area contributed by atoms with E-state index in [0.717, 1.165) is 43.2 Å². The number of pyridine rings is 2. The summed E-state index contributed by atoms with van der Waals surface area (Å²) < 4.78 is 43.5. The second kappa shape index (κ2) is 7.39. The number of methoxy groups -OCH3 is 1. The Bertz CT molecular complexity index is 668. The van der Waals surface area contributed by atoms with Gasteiger partial charge in [-0.3, -0.25) is 4.98 Å². The molecule has 0 radical (unpaired) electrons. The maximum Gasteiger partial charge on any atom is 0.433 e. The minimum atomic E-state index is -4.40. The van der Waals surface area contributed by atoms with Gasteiger partial charge in [0.2, 0.25) is 0 Å². The molecule has 3 rings (SSSR count). The van der Waals surface area contributed by atoms with Gasteiger partial charge in [0.1, 0.15) is 5.69 Å². The summed E-state index contributed by atoms with van der Waals surface area (Å²) >= 11 is 0. The van der Waals surface area contributed by atoms with Crippen LogP contribution in [0.2, 0.25) is 0 Å². The first-order valence-corrected chi connectivity index (χ1v) is 8.20. The molecule has 0 N–H and O–H groups in total. The van der Waals surface area contributed by atoms with E-state index < -0.39 is 11.9 Å². The van der Waals surface area contributed by atoms with Crippen molar-refractivity contribution in [1.29, 1.82) is 0 Å². The number of hydrogen-bond donors (Lipinski definition) is 0. The summed E-state index contributed by atoms with van der Waals surface area (Å²) in [6.45, 7) is 1.52. The molecule has 1 fully saturated rings. The van der Waals surface area contributed by atoms with Crippen molar-refractivity contribution in [3.05, 3.63) is 54.1 Å². The summed E-state index contributed by atoms with van der Waals surface area (Å²) in [7, 11) is 1.70. The van der Waals surface area contributed by atoms with Crippen LogP contribution in [0.4, 0.5) is 18.9 Å². The van der Waals surface area contributed by atoms with Gasteiger partial charge in [0.05, 0.1) is 18.0 Å². The Labute approximate surface area is 144 Å². The summed E-state index contributed by atoms with van der Waals surface area (Å²) in [5.41, 5.74) is 0.920. The maximum absolute atomic E-state index is 12.6. The molecule has 4 nitrogen and oxygen atoms in total. The average molecular weight is 351 g/mol. The summed E-state index contributed by atoms with van der Waals surface area (Å²) in [6.07, 6.45) is 2.24. The zero-order chi connectivity index (χ0) is 17.9. The normalized spacial score (nSPS) is 17.5. The van der Waals surface area contributed by atoms with Gasteiger partial charge in [-0.1, -0.05) is 6.07 Å². The third-order valence-electron chi connectivity index (χ3n) is 4.64. The van der Waals surface area contributed by atoms with E-state index in [2.05, 4.69) is 14.9 Å². The molecule has 0 spiro atoms. The molecular weight excluding hydrogens is 331 g/mol. The van der Waals surface area contributed by atoms with Crippen molar-refractivity contribution in [2.45, 2.75) is 25.1 Å². The van der Waals surface area contributed by atoms with E-state index in [1.54, 1.807) is 13.3 Å². The van der Waals surface area contributed by atoms with Gasteiger partial charge < -0.3 is 9.64 Å². The molecule has 2 aromatic rings. The fraction of sp³-hybridized carbons (Fsp3) is 0.444. The van der Waals surface area contributed by atoms with Crippen molar-refractivity contribution in [2.24, 2.45) is 5.92 Å². The largest absolute Gasteiger partial charge is 0.433 e. The van der Waals surface area contributed by atoms with E-state index in [1.807, 2.05) is 18.3 Å². The summed E-state index contributed by atoms with van der Waals surface area (Å²) in [4.78, 5) is 9.76. The van der Waals surface area contributed by atoms with Crippen LogP contribution in [0.1, 0.15) is 30.2 Å². The van der Waals surface area contributed by atoms with Crippen LogP contribution in [0.15, 0.2) is 42.9 Å². The molecule has 1 saturated heterocycles. The van der Waals surface area contributed by atoms with Gasteiger partial charge in [-0.25, -0.2) is 4.98 Å². The molecule has 1 atom stereocenters. The standard InChI is InChI=1S/C18H20F3N3O/c1-25-17(14-3-2-8-22-11-14)13-6-9-24(10-7-13)15-4-5-16(23-12-15)18(19,20)21/h2-5,8,11-13,17H,6-7,9-10H2,1H3. The number of rotatable bonds is 4. The summed E-state index contributed by atoms with van der Waals surface area (Å²) in [6, 6.07) is 6.43. The van der Waals surface area contributed by atoms with Crippen LogP contribution in [0.3, 0.4) is 0 Å². The van der Waals surface area contributed by atoms with Gasteiger partial charge in [0.25, 0.3) is 0 Å². The summed E-state index contributed by atoms with van der Waals surface area (Å²) in [5.74, 6) is 0.354. The molecule has 25 heavy (non-hydrogen) atoms. The Morgan fingerprint density at radius 3 is 2.44 bits per heavy atom. The Kier molecular flexibility index (Phi) is 5.22. The third kappa shape index (κ3) is 4.10. The average Bonchev–Trinajstić information content (AvgIpc) is 2.63. The minimum absolute atomic E-state index is 0.0124. The van der Waals surface area contributed by atoms with Gasteiger partial charge in [0, 0.05) is 32.6 Å². The lowest BCUT2D eigenvalue weighted by Gasteiger charge is -2.36. The Balaban J connectivity index is 1.63. The topological polar surface area (TPSA) is 38.2 Å². The van der Waals surface area contributed by atoms with Crippen molar-refractivity contribution in [2.75, 3.05) is 25.1 Å². The van der Waals surface area contributed by atoms with E-state index in [0.29, 0.717) is 5.92 Å². The lowest BCUT2D eigenvalue weighted by atomic mass is 9.87. The van der Waals surface area contributed by atoms with E-state index in [1.165, 1.54) is 12.3 Å². The number of halogens is 3. The molecule has 0 amide bonds. The van der Waals surface area contributed by atoms with Crippen molar-refractivity contribution >= 4 is 5.69 Å². The fourth-order valence-electron chi connectivity index (χ4n) is 3.35. The molecule has 0 saturated carbocycles. The minimum Gasteiger partial charge on any atom is -0.376 e. The zero-order valence-electron chi connectivity index (χ0n) is 13.9. The van der Waals surface area contributed by atoms with Gasteiger partial charge in [-0.15, -0.1) is 0 Å². The first-order chi connectivity index (χ1) is 12.0. The fourth-order valence-corrected chi connectivity index (χ4v) is 3.35. The van der Waals surface area contributed by atoms with E-state index in [4.69, 9.17) is 4.74 Å². The molecule has 1 aliphatic heterocycles. The number of anilines is 1. The number of aromatic nitrogens is 2. The van der Waals surface area contributed by atoms with E-state index in [-0.39, 0.29) is 6.10 Å². The molecule has 3 heterocycles. The van der Waals surface area contributed by atoms with Crippen LogP contribution >= 0.6 is 0 Å². The SMILES string of the molecule is COC(c1cccnc1)C1CCN(c2ccc(C(F)(F)F)nc2)CC1. The molecule has 134 valence electrons. The van der Waals surface area contributed by atoms with E-state index >= 15 is 0 Å². The number of nitrogens with zero attached hydrogens (tertiary/aromatic N) is 3. The zero-order valence-corrected chi connectivity index (χ0v) is 13.9. The predicted molar refractivity (Wildman–Crippen MR) is 88.2 cm³/mol. The van der Waals surface area contributed by atoms with Crippen LogP contribution in [0.5, 0.6) is 0 Å². The number of piperidine rings is 1. The van der Waals surface area contributed by atoms with Crippen molar-refractivity contribution < 1.29 is 17.9 Å². The molecule has 0 aromatic carbocycles. The Morgan fingerprint density at radius 1 is 1.16 bits per heavy atom. The Hall–Kier alpha value is -2.15. The highest BCUT2D eigenvalue weighted by molar-refractivity contribution is 5.45. The highest BCUT2D eigenvalue weighted by Crippen LogP contribution is 2.35. The van der Waals surface area contributed by atoms with E-state index in [9.17, 15) is 13.2 Å². The van der Waals surface area contributed by atoms with Crippen molar-refractivity contribution in [3.63, 3.8) is 0 Å². The second-order valence-electron chi connectivity index (χ2n) is 6.17. The van der Waals surface area contributed by atoms with Gasteiger partial charge in [-0.2, -0.15) is 13.2 Å². The van der Waals surface area contributed by atoms with Crippen LogP contribution in [0.25, 0.3) is 0 Å². The first-order valence-electron chi connectivity index (χ1n) is 8.20. The molecule has 1 aliphatic rings. The van der Waals surface area contributed by atoms with Crippen LogP contribution < -0.4 is 4.90 Å². The number of ether oxygens (including phenoxy) is 1. The van der Waals surface area contributed by atoms with Crippen LogP contribution in [-0.4, -0.2) is 30.2 Å². The molecule has 7 heteroatoms. The molecule has 0 aliphatic carbocycles. The van der Waals surface area contributed by atoms with Crippen molar-refractivity contribution in [1.82, 2.24) is 9.97 Å². The lowest BCUT2D eigenvalue weighted by molar-refractivity contribution is -0.141. The lowest BCUT2D eigenvalue weighted by Crippen LogP contribution is -2.36. The molecule has 0 bridgehead atoms. The van der Waals surface area contributed by atoms with Crippen LogP contribution in [0, 0.1) is 5.92 Å². The maximum atomic E-state index is 12.6. The highest BCUT2D eigenvalue weighted by atomic mass is 19.4. The van der Waals surface area contributed by atoms with Crippen molar-refractivity contribution in [3.8, 4) is 0 Å². The third-order valence-corrected chi connectivity index (χ3v) is 4.64. The second-order valence-corrected chi connectivity index (χ2v) is 6.17. The van der Waals surface area contributed by atoms with Gasteiger partial charge in [-0.05, 0) is 42.5 Å². The molecular formula is C18H20F3N3O. The number of alkyl halides is 3. The quantitative estimate of drug-likeness (QED) is 0.831. The highest BCUT2D eigenvalue weighted by Gasteiger charge is 2.33. The smallest absolute Gasteiger partial charge is 0.376 e. The summed E-state index contributed by atoms with van der Waals surface area (Å²) in [5, 5.41) is 0. The van der Waals surface area contributed by atoms with Gasteiger partial charge >= 0.3 is 6.18 Å². The first kappa shape index (κ1) is 17.7. The molecule has 2 aromatic heterocycles. The Morgan fingerprint density at radius 2 is 1.92 bits per heavy atom. The monoisotopic (exact) mass is 351 g/mol. The van der Waals surface area contributed by atoms with Gasteiger partial charge in [0.15, 0.2) is 0 Å². The molecule has 1 unspecified atom stereocenters. The van der Waals surface area contributed by atoms with Crippen LogP contribution in [-0.2, 0) is 10.9 Å². The predicted octanol–water partition coefficient (Wildman–Crippen LogP) is 4.10. The number of hydrogen-bond acceptors (Lipinski definition) is 4.